The third kappa shape index (κ3) is 5.34. The molecule has 0 aliphatic carbocycles. The standard InChI is InChI=1S/C15H17F4NO4/c1-9(23-7-15(17,18)19)14(21)20-3-2-10-4-12(16)5-11-6-22-8-24-13(10)11/h4-5,9H,2-3,6-8H2,1H3,(H,20,21)/t9-/m0/s1. The Balaban J connectivity index is 1.86. The Morgan fingerprint density at radius 1 is 1.42 bits per heavy atom. The Morgan fingerprint density at radius 3 is 2.88 bits per heavy atom. The molecule has 2 rings (SSSR count). The van der Waals surface area contributed by atoms with E-state index in [4.69, 9.17) is 9.47 Å². The Labute approximate surface area is 135 Å². The number of fused-ring (bicyclic) bond motifs is 1. The van der Waals surface area contributed by atoms with Crippen molar-refractivity contribution in [3.05, 3.63) is 29.1 Å². The summed E-state index contributed by atoms with van der Waals surface area (Å²) >= 11 is 0. The van der Waals surface area contributed by atoms with E-state index in [0.717, 1.165) is 0 Å². The molecule has 1 aliphatic rings. The van der Waals surface area contributed by atoms with Crippen LogP contribution in [0.4, 0.5) is 17.6 Å². The van der Waals surface area contributed by atoms with Crippen LogP contribution in [0.3, 0.4) is 0 Å². The molecule has 1 aromatic carbocycles. The third-order valence-electron chi connectivity index (χ3n) is 3.31. The summed E-state index contributed by atoms with van der Waals surface area (Å²) in [6, 6.07) is 2.60. The number of halogens is 4. The molecule has 0 saturated heterocycles. The molecule has 1 N–H and O–H groups in total. The largest absolute Gasteiger partial charge is 0.467 e. The Morgan fingerprint density at radius 2 is 2.17 bits per heavy atom. The number of ether oxygens (including phenoxy) is 3. The van der Waals surface area contributed by atoms with Gasteiger partial charge >= 0.3 is 6.18 Å². The van der Waals surface area contributed by atoms with E-state index in [1.165, 1.54) is 19.1 Å². The highest BCUT2D eigenvalue weighted by atomic mass is 19.4. The van der Waals surface area contributed by atoms with Gasteiger partial charge in [-0.05, 0) is 31.0 Å². The maximum atomic E-state index is 13.6. The van der Waals surface area contributed by atoms with Crippen molar-refractivity contribution < 1.29 is 36.6 Å². The van der Waals surface area contributed by atoms with E-state index in [2.05, 4.69) is 10.1 Å². The molecule has 0 radical (unpaired) electrons. The summed E-state index contributed by atoms with van der Waals surface area (Å²) in [5, 5.41) is 2.45. The molecule has 0 spiro atoms. The molecule has 0 aromatic heterocycles. The molecule has 0 saturated carbocycles. The number of carbonyl (C=O) groups is 1. The van der Waals surface area contributed by atoms with E-state index in [1.807, 2.05) is 0 Å². The predicted molar refractivity (Wildman–Crippen MR) is 74.9 cm³/mol. The van der Waals surface area contributed by atoms with Crippen LogP contribution in [0.25, 0.3) is 0 Å². The van der Waals surface area contributed by atoms with Gasteiger partial charge in [0.15, 0.2) is 6.79 Å². The maximum absolute atomic E-state index is 13.6. The highest BCUT2D eigenvalue weighted by Gasteiger charge is 2.29. The lowest BCUT2D eigenvalue weighted by molar-refractivity contribution is -0.185. The lowest BCUT2D eigenvalue weighted by atomic mass is 10.1. The van der Waals surface area contributed by atoms with Gasteiger partial charge in [-0.25, -0.2) is 4.39 Å². The van der Waals surface area contributed by atoms with Crippen LogP contribution in [0.5, 0.6) is 5.75 Å². The van der Waals surface area contributed by atoms with Crippen LogP contribution in [0, 0.1) is 5.82 Å². The lowest BCUT2D eigenvalue weighted by Gasteiger charge is -2.21. The fraction of sp³-hybridized carbons (Fsp3) is 0.533. The van der Waals surface area contributed by atoms with E-state index >= 15 is 0 Å². The number of carbonyl (C=O) groups excluding carboxylic acids is 1. The summed E-state index contributed by atoms with van der Waals surface area (Å²) in [7, 11) is 0. The molecular weight excluding hydrogens is 334 g/mol. The zero-order valence-corrected chi connectivity index (χ0v) is 12.9. The van der Waals surface area contributed by atoms with Crippen molar-refractivity contribution in [2.24, 2.45) is 0 Å². The van der Waals surface area contributed by atoms with Crippen LogP contribution >= 0.6 is 0 Å². The van der Waals surface area contributed by atoms with E-state index in [1.54, 1.807) is 0 Å². The van der Waals surface area contributed by atoms with Crippen molar-refractivity contribution in [1.82, 2.24) is 5.32 Å². The number of hydrogen-bond donors (Lipinski definition) is 1. The van der Waals surface area contributed by atoms with Crippen molar-refractivity contribution in [3.8, 4) is 5.75 Å². The van der Waals surface area contributed by atoms with Crippen molar-refractivity contribution in [3.63, 3.8) is 0 Å². The summed E-state index contributed by atoms with van der Waals surface area (Å²) in [5.41, 5.74) is 1.13. The molecule has 1 amide bonds. The van der Waals surface area contributed by atoms with Gasteiger partial charge in [-0.3, -0.25) is 4.79 Å². The second-order valence-corrected chi connectivity index (χ2v) is 5.27. The van der Waals surface area contributed by atoms with Crippen LogP contribution in [0.15, 0.2) is 12.1 Å². The van der Waals surface area contributed by atoms with Gasteiger partial charge in [0.25, 0.3) is 0 Å². The first kappa shape index (κ1) is 18.5. The molecule has 1 heterocycles. The van der Waals surface area contributed by atoms with Gasteiger partial charge in [-0.2, -0.15) is 13.2 Å². The lowest BCUT2D eigenvalue weighted by Crippen LogP contribution is -2.37. The molecule has 0 fully saturated rings. The number of benzene rings is 1. The Bertz CT molecular complexity index is 592. The van der Waals surface area contributed by atoms with Gasteiger partial charge < -0.3 is 19.5 Å². The number of hydrogen-bond acceptors (Lipinski definition) is 4. The summed E-state index contributed by atoms with van der Waals surface area (Å²) in [5.74, 6) is -0.613. The van der Waals surface area contributed by atoms with Gasteiger partial charge in [-0.15, -0.1) is 0 Å². The summed E-state index contributed by atoms with van der Waals surface area (Å²) in [6.07, 6.45) is -5.47. The van der Waals surface area contributed by atoms with Gasteiger partial charge in [0.1, 0.15) is 24.3 Å². The first-order chi connectivity index (χ1) is 11.3. The first-order valence-electron chi connectivity index (χ1n) is 7.24. The molecule has 5 nitrogen and oxygen atoms in total. The van der Waals surface area contributed by atoms with Gasteiger partial charge in [0.05, 0.1) is 6.61 Å². The van der Waals surface area contributed by atoms with Crippen LogP contribution < -0.4 is 10.1 Å². The van der Waals surface area contributed by atoms with Gasteiger partial charge in [0.2, 0.25) is 5.91 Å². The summed E-state index contributed by atoms with van der Waals surface area (Å²) < 4.78 is 64.5. The highest BCUT2D eigenvalue weighted by Crippen LogP contribution is 2.29. The molecule has 0 unspecified atom stereocenters. The smallest absolute Gasteiger partial charge is 0.411 e. The fourth-order valence-corrected chi connectivity index (χ4v) is 2.20. The predicted octanol–water partition coefficient (Wildman–Crippen LogP) is 2.32. The molecule has 0 bridgehead atoms. The minimum Gasteiger partial charge on any atom is -0.467 e. The second kappa shape index (κ2) is 7.80. The van der Waals surface area contributed by atoms with E-state index in [-0.39, 0.29) is 26.4 Å². The van der Waals surface area contributed by atoms with Crippen molar-refractivity contribution >= 4 is 5.91 Å². The minimum atomic E-state index is -4.49. The topological polar surface area (TPSA) is 56.8 Å². The average Bonchev–Trinajstić information content (AvgIpc) is 2.51. The number of nitrogens with one attached hydrogen (secondary N) is 1. The zero-order chi connectivity index (χ0) is 17.7. The molecule has 134 valence electrons. The zero-order valence-electron chi connectivity index (χ0n) is 12.9. The van der Waals surface area contributed by atoms with E-state index in [9.17, 15) is 22.4 Å². The summed E-state index contributed by atoms with van der Waals surface area (Å²) in [6.45, 7) is 0.131. The van der Waals surface area contributed by atoms with Crippen LogP contribution in [-0.2, 0) is 27.3 Å². The second-order valence-electron chi connectivity index (χ2n) is 5.27. The normalized spacial score (nSPS) is 15.4. The third-order valence-corrected chi connectivity index (χ3v) is 3.31. The number of alkyl halides is 3. The molecule has 1 aromatic rings. The van der Waals surface area contributed by atoms with Crippen molar-refractivity contribution in [2.75, 3.05) is 19.9 Å². The van der Waals surface area contributed by atoms with Crippen LogP contribution in [0.2, 0.25) is 0 Å². The maximum Gasteiger partial charge on any atom is 0.411 e. The fourth-order valence-electron chi connectivity index (χ4n) is 2.20. The average molecular weight is 351 g/mol. The van der Waals surface area contributed by atoms with E-state index in [0.29, 0.717) is 16.9 Å². The SMILES string of the molecule is C[C@H](OCC(F)(F)F)C(=O)NCCc1cc(F)cc2c1OCOC2. The van der Waals surface area contributed by atoms with Crippen molar-refractivity contribution in [1.29, 1.82) is 0 Å². The first-order valence-corrected chi connectivity index (χ1v) is 7.24. The molecule has 24 heavy (non-hydrogen) atoms. The van der Waals surface area contributed by atoms with Gasteiger partial charge in [0, 0.05) is 12.1 Å². The molecular formula is C15H17F4NO4. The Hall–Kier alpha value is -1.87. The van der Waals surface area contributed by atoms with Crippen LogP contribution in [-0.4, -0.2) is 38.1 Å². The van der Waals surface area contributed by atoms with Crippen molar-refractivity contribution in [2.45, 2.75) is 32.2 Å². The highest BCUT2D eigenvalue weighted by molar-refractivity contribution is 5.80. The molecule has 9 heteroatoms. The molecule has 1 aliphatic heterocycles. The molecule has 1 atom stereocenters. The van der Waals surface area contributed by atoms with Crippen LogP contribution in [0.1, 0.15) is 18.1 Å². The number of amides is 1. The Kier molecular flexibility index (Phi) is 6.00. The monoisotopic (exact) mass is 351 g/mol. The number of rotatable bonds is 6. The quantitative estimate of drug-likeness (QED) is 0.800. The minimum absolute atomic E-state index is 0.0559. The van der Waals surface area contributed by atoms with E-state index < -0.39 is 30.6 Å². The summed E-state index contributed by atoms with van der Waals surface area (Å²) in [4.78, 5) is 11.7. The van der Waals surface area contributed by atoms with Gasteiger partial charge in [-0.1, -0.05) is 0 Å².